The largest absolute Gasteiger partial charge is 0.494 e. The van der Waals surface area contributed by atoms with E-state index in [0.29, 0.717) is 28.0 Å². The summed E-state index contributed by atoms with van der Waals surface area (Å²) in [4.78, 5) is 21.7. The third kappa shape index (κ3) is 4.37. The first kappa shape index (κ1) is 20.1. The fourth-order valence-corrected chi connectivity index (χ4v) is 4.52. The standard InChI is InChI=1S/C19H21ClN4O4S/c1-26-14-4-3-13(20)17-16(14)22-19(29-17)24(18(25)15-5-6-21-28-15)8-2-7-23-9-11-27-12-10-23/h3-6H,2,7-12H2,1H3. The second-order valence-electron chi connectivity index (χ2n) is 6.56. The molecule has 0 atom stereocenters. The molecule has 1 fully saturated rings. The van der Waals surface area contributed by atoms with Crippen molar-refractivity contribution in [2.24, 2.45) is 0 Å². The van der Waals surface area contributed by atoms with Gasteiger partial charge in [0.2, 0.25) is 5.76 Å². The van der Waals surface area contributed by atoms with E-state index in [9.17, 15) is 4.79 Å². The molecule has 0 N–H and O–H groups in total. The highest BCUT2D eigenvalue weighted by Crippen LogP contribution is 2.39. The van der Waals surface area contributed by atoms with Crippen molar-refractivity contribution in [2.45, 2.75) is 6.42 Å². The predicted molar refractivity (Wildman–Crippen MR) is 111 cm³/mol. The van der Waals surface area contributed by atoms with E-state index in [1.165, 1.54) is 17.5 Å². The molecular formula is C19H21ClN4O4S. The van der Waals surface area contributed by atoms with Gasteiger partial charge in [0.05, 0.1) is 36.2 Å². The Hall–Kier alpha value is -2.20. The Morgan fingerprint density at radius 3 is 2.90 bits per heavy atom. The molecule has 0 spiro atoms. The number of nitrogens with zero attached hydrogens (tertiary/aromatic N) is 4. The minimum absolute atomic E-state index is 0.175. The molecule has 0 unspecified atom stereocenters. The van der Waals surface area contributed by atoms with E-state index >= 15 is 0 Å². The summed E-state index contributed by atoms with van der Waals surface area (Å²) in [5.41, 5.74) is 0.642. The number of carbonyl (C=O) groups is 1. The van der Waals surface area contributed by atoms with Gasteiger partial charge in [-0.1, -0.05) is 28.1 Å². The van der Waals surface area contributed by atoms with Gasteiger partial charge in [-0.15, -0.1) is 0 Å². The van der Waals surface area contributed by atoms with Crippen molar-refractivity contribution < 1.29 is 18.8 Å². The number of amides is 1. The minimum atomic E-state index is -0.279. The van der Waals surface area contributed by atoms with Gasteiger partial charge in [-0.25, -0.2) is 4.98 Å². The number of rotatable bonds is 7. The molecule has 1 saturated heterocycles. The Bertz CT molecular complexity index is 972. The van der Waals surface area contributed by atoms with Crippen LogP contribution in [-0.2, 0) is 4.74 Å². The molecule has 2 aromatic heterocycles. The summed E-state index contributed by atoms with van der Waals surface area (Å²) in [5.74, 6) is 0.514. The van der Waals surface area contributed by atoms with Gasteiger partial charge < -0.3 is 14.0 Å². The van der Waals surface area contributed by atoms with Gasteiger partial charge in [0.1, 0.15) is 11.3 Å². The first-order valence-electron chi connectivity index (χ1n) is 9.33. The molecule has 0 aliphatic carbocycles. The van der Waals surface area contributed by atoms with Crippen molar-refractivity contribution in [2.75, 3.05) is 51.4 Å². The second-order valence-corrected chi connectivity index (χ2v) is 7.95. The highest BCUT2D eigenvalue weighted by Gasteiger charge is 2.25. The maximum atomic E-state index is 13.1. The zero-order valence-electron chi connectivity index (χ0n) is 16.0. The molecule has 0 bridgehead atoms. The molecule has 1 aliphatic rings. The summed E-state index contributed by atoms with van der Waals surface area (Å²) < 4.78 is 16.7. The number of carbonyl (C=O) groups excluding carboxylic acids is 1. The van der Waals surface area contributed by atoms with E-state index in [0.717, 1.165) is 44.0 Å². The number of hydrogen-bond donors (Lipinski definition) is 0. The lowest BCUT2D eigenvalue weighted by Crippen LogP contribution is -2.39. The number of hydrogen-bond acceptors (Lipinski definition) is 8. The number of methoxy groups -OCH3 is 1. The van der Waals surface area contributed by atoms with Gasteiger partial charge in [-0.05, 0) is 18.6 Å². The fourth-order valence-electron chi connectivity index (χ4n) is 3.24. The van der Waals surface area contributed by atoms with Gasteiger partial charge in [-0.3, -0.25) is 14.6 Å². The monoisotopic (exact) mass is 436 g/mol. The van der Waals surface area contributed by atoms with E-state index < -0.39 is 0 Å². The van der Waals surface area contributed by atoms with Crippen LogP contribution in [0.25, 0.3) is 10.2 Å². The molecule has 154 valence electrons. The number of thiazole rings is 1. The number of fused-ring (bicyclic) bond motifs is 1. The van der Waals surface area contributed by atoms with E-state index in [-0.39, 0.29) is 11.7 Å². The van der Waals surface area contributed by atoms with E-state index in [4.69, 9.17) is 25.6 Å². The fraction of sp³-hybridized carbons (Fsp3) is 0.421. The van der Waals surface area contributed by atoms with Crippen LogP contribution in [0, 0.1) is 0 Å². The molecule has 0 saturated carbocycles. The van der Waals surface area contributed by atoms with Crippen LogP contribution < -0.4 is 9.64 Å². The SMILES string of the molecule is COc1ccc(Cl)c2sc(N(CCCN3CCOCC3)C(=O)c3ccno3)nc12. The van der Waals surface area contributed by atoms with Crippen LogP contribution in [0.3, 0.4) is 0 Å². The van der Waals surface area contributed by atoms with Crippen LogP contribution in [-0.4, -0.2) is 67.5 Å². The minimum Gasteiger partial charge on any atom is -0.494 e. The summed E-state index contributed by atoms with van der Waals surface area (Å²) in [5, 5.41) is 4.78. The zero-order valence-corrected chi connectivity index (χ0v) is 17.5. The Morgan fingerprint density at radius 2 is 2.17 bits per heavy atom. The summed E-state index contributed by atoms with van der Waals surface area (Å²) >= 11 is 7.71. The summed E-state index contributed by atoms with van der Waals surface area (Å²) in [7, 11) is 1.58. The molecule has 3 aromatic rings. The summed E-state index contributed by atoms with van der Waals surface area (Å²) in [6, 6.07) is 5.10. The molecule has 3 heterocycles. The number of halogens is 1. The topological polar surface area (TPSA) is 80.9 Å². The number of aromatic nitrogens is 2. The Labute approximate surface area is 176 Å². The van der Waals surface area contributed by atoms with Crippen molar-refractivity contribution in [3.8, 4) is 5.75 Å². The quantitative estimate of drug-likeness (QED) is 0.562. The van der Waals surface area contributed by atoms with Gasteiger partial charge in [0.25, 0.3) is 5.91 Å². The molecule has 1 amide bonds. The highest BCUT2D eigenvalue weighted by atomic mass is 35.5. The van der Waals surface area contributed by atoms with Gasteiger partial charge in [-0.2, -0.15) is 0 Å². The molecule has 29 heavy (non-hydrogen) atoms. The molecule has 1 aromatic carbocycles. The van der Waals surface area contributed by atoms with Crippen LogP contribution in [0.2, 0.25) is 5.02 Å². The molecule has 10 heteroatoms. The normalized spacial score (nSPS) is 15.0. The van der Waals surface area contributed by atoms with Gasteiger partial charge in [0.15, 0.2) is 5.13 Å². The lowest BCUT2D eigenvalue weighted by atomic mass is 10.3. The van der Waals surface area contributed by atoms with Crippen molar-refractivity contribution in [3.63, 3.8) is 0 Å². The maximum absolute atomic E-state index is 13.1. The third-order valence-corrected chi connectivity index (χ3v) is 6.29. The predicted octanol–water partition coefficient (Wildman–Crippen LogP) is 3.32. The first-order valence-corrected chi connectivity index (χ1v) is 10.5. The lowest BCUT2D eigenvalue weighted by Gasteiger charge is -2.27. The van der Waals surface area contributed by atoms with E-state index in [1.54, 1.807) is 30.2 Å². The number of benzene rings is 1. The van der Waals surface area contributed by atoms with Crippen molar-refractivity contribution in [1.82, 2.24) is 15.0 Å². The first-order chi connectivity index (χ1) is 14.2. The van der Waals surface area contributed by atoms with Crippen LogP contribution in [0.4, 0.5) is 5.13 Å². The van der Waals surface area contributed by atoms with Crippen LogP contribution in [0.5, 0.6) is 5.75 Å². The van der Waals surface area contributed by atoms with Gasteiger partial charge >= 0.3 is 0 Å². The van der Waals surface area contributed by atoms with Crippen LogP contribution in [0.15, 0.2) is 28.9 Å². The maximum Gasteiger partial charge on any atom is 0.298 e. The highest BCUT2D eigenvalue weighted by molar-refractivity contribution is 7.23. The Balaban J connectivity index is 1.60. The number of ether oxygens (including phenoxy) is 2. The molecule has 1 aliphatic heterocycles. The van der Waals surface area contributed by atoms with Crippen molar-refractivity contribution in [3.05, 3.63) is 35.2 Å². The molecule has 4 rings (SSSR count). The van der Waals surface area contributed by atoms with Crippen molar-refractivity contribution >= 4 is 44.2 Å². The Kier molecular flexibility index (Phi) is 6.29. The zero-order chi connectivity index (χ0) is 20.2. The third-order valence-electron chi connectivity index (χ3n) is 4.75. The van der Waals surface area contributed by atoms with E-state index in [1.807, 2.05) is 0 Å². The number of morpholine rings is 1. The van der Waals surface area contributed by atoms with Gasteiger partial charge in [0, 0.05) is 32.2 Å². The van der Waals surface area contributed by atoms with Crippen LogP contribution in [0.1, 0.15) is 17.0 Å². The second kappa shape index (κ2) is 9.08. The summed E-state index contributed by atoms with van der Waals surface area (Å²) in [6.45, 7) is 4.68. The number of anilines is 1. The smallest absolute Gasteiger partial charge is 0.298 e. The average Bonchev–Trinajstić information content (AvgIpc) is 3.43. The summed E-state index contributed by atoms with van der Waals surface area (Å²) in [6.07, 6.45) is 2.25. The lowest BCUT2D eigenvalue weighted by molar-refractivity contribution is 0.0376. The van der Waals surface area contributed by atoms with E-state index in [2.05, 4.69) is 15.0 Å². The molecule has 8 nitrogen and oxygen atoms in total. The average molecular weight is 437 g/mol. The van der Waals surface area contributed by atoms with Crippen LogP contribution >= 0.6 is 22.9 Å². The Morgan fingerprint density at radius 1 is 1.34 bits per heavy atom. The molecule has 0 radical (unpaired) electrons. The van der Waals surface area contributed by atoms with Crippen molar-refractivity contribution in [1.29, 1.82) is 0 Å². The molecular weight excluding hydrogens is 416 g/mol.